The summed E-state index contributed by atoms with van der Waals surface area (Å²) in [6, 6.07) is 35.9. The molecule has 15 aromatic rings. The number of hydrogen-bond donors (Lipinski definition) is 22. The van der Waals surface area contributed by atoms with Crippen molar-refractivity contribution >= 4 is 182 Å². The minimum Gasteiger partial charge on any atom is -0.513 e. The highest BCUT2D eigenvalue weighted by molar-refractivity contribution is 7.70. The zero-order valence-corrected chi connectivity index (χ0v) is 66.7. The second-order valence-electron chi connectivity index (χ2n) is 26.3. The number of aliphatic hydroxyl groups is 1. The summed E-state index contributed by atoms with van der Waals surface area (Å²) in [7, 11) is -10.6. The highest BCUT2D eigenvalue weighted by atomic mass is 31.2. The Bertz CT molecular complexity index is 6360. The zero-order chi connectivity index (χ0) is 86.2. The van der Waals surface area contributed by atoms with E-state index in [4.69, 9.17) is 72.9 Å². The fraction of sp³-hybridized carbons (Fsp3) is 0.149. The van der Waals surface area contributed by atoms with Crippen LogP contribution >= 0.6 is 22.3 Å². The normalized spacial score (nSPS) is 11.8. The van der Waals surface area contributed by atoms with Crippen molar-refractivity contribution in [2.75, 3.05) is 90.6 Å². The lowest BCUT2D eigenvalue weighted by Crippen LogP contribution is -2.09. The second-order valence-corrected chi connectivity index (χ2v) is 32.2. The van der Waals surface area contributed by atoms with Crippen LogP contribution < -0.4 is 100 Å². The minimum atomic E-state index is -4.07. The van der Waals surface area contributed by atoms with Gasteiger partial charge >= 0.3 is 7.60 Å². The van der Waals surface area contributed by atoms with Crippen LogP contribution in [0.3, 0.4) is 0 Å². The van der Waals surface area contributed by atoms with Gasteiger partial charge in [0.1, 0.15) is 7.34 Å². The summed E-state index contributed by atoms with van der Waals surface area (Å²) in [6.07, 6.45) is 11.5. The minimum absolute atomic E-state index is 0. The number of hydrogen-bond acceptors (Lipinski definition) is 41. The van der Waals surface area contributed by atoms with Crippen LogP contribution in [0.15, 0.2) is 165 Å². The largest absolute Gasteiger partial charge is 0.513 e. The third kappa shape index (κ3) is 25.4. The summed E-state index contributed by atoms with van der Waals surface area (Å²) >= 11 is 0. The van der Waals surface area contributed by atoms with E-state index in [0.29, 0.717) is 140 Å². The molecule has 0 saturated heterocycles. The number of aliphatic hydroxyl groups excluding tert-OH is 1. The van der Waals surface area contributed by atoms with Crippen LogP contribution in [-0.2, 0) is 54.4 Å². The molecule has 121 heavy (non-hydrogen) atoms. The summed E-state index contributed by atoms with van der Waals surface area (Å²) in [5.41, 5.74) is 76.4. The molecule has 44 nitrogen and oxygen atoms in total. The molecule has 626 valence electrons. The maximum Gasteiger partial charge on any atom is 0.329 e. The second kappa shape index (κ2) is 39.0. The molecule has 0 aliphatic carbocycles. The Labute approximate surface area is 689 Å². The van der Waals surface area contributed by atoms with Crippen molar-refractivity contribution in [3.05, 3.63) is 210 Å². The van der Waals surface area contributed by atoms with Crippen LogP contribution in [-0.4, -0.2) is 142 Å². The number of aromatic nitrogens is 20. The van der Waals surface area contributed by atoms with E-state index in [1.165, 1.54) is 6.66 Å². The van der Waals surface area contributed by atoms with Crippen LogP contribution in [0.25, 0.3) is 55.8 Å². The fourth-order valence-corrected chi connectivity index (χ4v) is 12.9. The molecular weight excluding hydrogens is 1610 g/mol. The lowest BCUT2D eigenvalue weighted by Gasteiger charge is -2.12. The number of rotatable bonds is 22. The molecule has 33 N–H and O–H groups in total. The Morgan fingerprint density at radius 3 is 0.942 bits per heavy atom. The summed E-state index contributed by atoms with van der Waals surface area (Å²) in [5.74, 6) is 1.39. The first-order valence-electron chi connectivity index (χ1n) is 35.6. The van der Waals surface area contributed by atoms with Crippen molar-refractivity contribution in [2.24, 2.45) is 5.73 Å². The molecule has 2 atom stereocenters. The number of nitrogens with two attached hydrogens (primary N) is 11. The molecule has 10 aromatic heterocycles. The number of anilines is 15. The first-order valence-corrected chi connectivity index (χ1v) is 41.4. The molecule has 2 unspecified atom stereocenters. The van der Waals surface area contributed by atoms with E-state index in [0.717, 1.165) is 39.6 Å². The van der Waals surface area contributed by atoms with Crippen LogP contribution in [0.5, 0.6) is 0 Å². The van der Waals surface area contributed by atoms with Crippen molar-refractivity contribution in [3.63, 3.8) is 0 Å². The van der Waals surface area contributed by atoms with E-state index in [1.54, 1.807) is 104 Å². The Morgan fingerprint density at radius 2 is 0.669 bits per heavy atom. The zero-order valence-electron chi connectivity index (χ0n) is 64.0. The predicted octanol–water partition coefficient (Wildman–Crippen LogP) is 5.34. The molecule has 47 heteroatoms. The summed E-state index contributed by atoms with van der Waals surface area (Å²) in [4.78, 5) is 129. The first-order chi connectivity index (χ1) is 57.0. The van der Waals surface area contributed by atoms with Crippen molar-refractivity contribution < 1.29 is 38.7 Å². The van der Waals surface area contributed by atoms with Gasteiger partial charge in [0.15, 0.2) is 84.9 Å². The van der Waals surface area contributed by atoms with Gasteiger partial charge in [-0.3, -0.25) is 9.13 Å². The topological polar surface area (TPSA) is 760 Å². The van der Waals surface area contributed by atoms with E-state index >= 15 is 0 Å². The number of allylic oxidation sites excluding steroid dienone is 1. The lowest BCUT2D eigenvalue weighted by atomic mass is 10.1. The molecule has 0 aliphatic rings. The van der Waals surface area contributed by atoms with Gasteiger partial charge in [-0.15, -0.1) is 0 Å². The SMILES string of the molecule is C.C=C(O)Cc1ccc(NCc2cnc3nc(N)nc(N)c3n2)cc1.C=P(O)(O)c1cccc(NCc2cnc3nc(N)nc(N)c3n2)c1.CC(N)c1ccc(NCc2cnc3nc(N)nc(N)c3n2)cc1.CP(=O)(O)c1ccc(NCc2cnc3nc(N)nc(N)c3n2)cc1.Nc1nc(N)c2nc(CNc3ccc(CP(=O)(O)O)cc3)cnc2n1. The average molecular weight is 1700 g/mol. The summed E-state index contributed by atoms with van der Waals surface area (Å²) in [5, 5.41) is 25.9. The van der Waals surface area contributed by atoms with E-state index in [1.807, 2.05) is 55.5 Å². The Kier molecular flexibility index (Phi) is 28.6. The quantitative estimate of drug-likeness (QED) is 0.0300. The first kappa shape index (κ1) is 88.6. The molecule has 0 fully saturated rings. The van der Waals surface area contributed by atoms with Crippen molar-refractivity contribution in [3.8, 4) is 0 Å². The van der Waals surface area contributed by atoms with Crippen molar-refractivity contribution in [2.45, 2.75) is 65.7 Å². The van der Waals surface area contributed by atoms with Crippen LogP contribution in [0.1, 0.15) is 65.6 Å². The molecule has 0 saturated carbocycles. The Hall–Kier alpha value is -14.7. The molecule has 10 heterocycles. The van der Waals surface area contributed by atoms with Gasteiger partial charge in [-0.25, -0.2) is 49.8 Å². The van der Waals surface area contributed by atoms with Gasteiger partial charge in [0.2, 0.25) is 37.1 Å². The van der Waals surface area contributed by atoms with Crippen LogP contribution in [0, 0.1) is 0 Å². The third-order valence-corrected chi connectivity index (χ3v) is 19.8. The van der Waals surface area contributed by atoms with Gasteiger partial charge in [-0.2, -0.15) is 49.8 Å². The highest BCUT2D eigenvalue weighted by Gasteiger charge is 2.18. The lowest BCUT2D eigenvalue weighted by molar-refractivity contribution is 0.371. The number of nitrogens with one attached hydrogen (secondary N) is 5. The van der Waals surface area contributed by atoms with Crippen LogP contribution in [0.4, 0.5) is 87.3 Å². The number of nitrogens with zero attached hydrogens (tertiary/aromatic N) is 20. The fourth-order valence-electron chi connectivity index (χ4n) is 10.8. The van der Waals surface area contributed by atoms with Gasteiger partial charge in [-0.1, -0.05) is 62.5 Å². The van der Waals surface area contributed by atoms with Gasteiger partial charge in [0, 0.05) is 58.2 Å². The van der Waals surface area contributed by atoms with E-state index < -0.39 is 22.3 Å². The molecule has 0 spiro atoms. The van der Waals surface area contributed by atoms with Crippen LogP contribution in [0.2, 0.25) is 0 Å². The van der Waals surface area contributed by atoms with Gasteiger partial charge in [0.25, 0.3) is 0 Å². The maximum absolute atomic E-state index is 11.6. The molecule has 0 bridgehead atoms. The average Bonchev–Trinajstić information content (AvgIpc) is 0.825. The van der Waals surface area contributed by atoms with Gasteiger partial charge in [-0.05, 0) is 103 Å². The van der Waals surface area contributed by atoms with Gasteiger partial charge < -0.3 is 119 Å². The third-order valence-electron chi connectivity index (χ3n) is 16.6. The highest BCUT2D eigenvalue weighted by Crippen LogP contribution is 2.39. The van der Waals surface area contributed by atoms with E-state index in [9.17, 15) is 28.9 Å². The number of nitrogen functional groups attached to an aromatic ring is 10. The van der Waals surface area contributed by atoms with Gasteiger partial charge in [0.05, 0.1) is 104 Å². The summed E-state index contributed by atoms with van der Waals surface area (Å²) < 4.78 is 22.6. The molecule has 0 radical (unpaired) electrons. The molecule has 15 rings (SSSR count). The van der Waals surface area contributed by atoms with Crippen molar-refractivity contribution in [1.82, 2.24) is 99.7 Å². The standard InChI is InChI=1S/C16H17N7O.C15H18N8.C14H16N7O3P.2C14H16N7O2P.CH4/c1-9(24)6-10-2-4-11(5-3-10)19-7-12-8-20-15-13(21-12)14(17)22-16(18)23-15;1-8(16)9-2-4-10(5-3-9)19-6-11-7-20-14-12(21-11)13(17)22-15(18)23-14;15-12-11-13(21-14(16)20-12)18-6-10(19-11)5-17-9-3-1-8(2-4-9)7-25(22,23)24;1-24(22,23)10-4-2-8(3-5-10)17-6-9-7-18-13-11(19-9)12(15)20-14(16)21-13;1-24(22,23)10-4-2-3-8(5-10)17-6-9-7-18-13-11(19-9)12(15)20-14(16)21-13;/h2-5,8,19,24H,1,6-7H2,(H4,17,18,20,22,23);2-5,7-8,19H,6,16H2,1H3,(H4,17,18,20,22,23);1-4,6,17H,5,7H2,(H2,22,23,24)(H4,15,16,18,20,21);2-5,7,17H,6H2,1H3,(H,22,23)(H4,15,16,18,20,21);2-5,7,17,22-23H,1,6H2,(H4,15,16,18,20,21);1H4. The molecule has 0 amide bonds. The molecular formula is C74H87N36O8P3. The smallest absolute Gasteiger partial charge is 0.329 e. The predicted molar refractivity (Wildman–Crippen MR) is 473 cm³/mol. The number of fused-ring (bicyclic) bond motifs is 5. The maximum atomic E-state index is 11.6. The molecule has 0 aliphatic heterocycles. The monoisotopic (exact) mass is 1700 g/mol. The van der Waals surface area contributed by atoms with E-state index in [-0.39, 0.29) is 84.2 Å². The van der Waals surface area contributed by atoms with E-state index in [2.05, 4.69) is 139 Å². The Balaban J connectivity index is 0.000000158. The Morgan fingerprint density at radius 1 is 0.388 bits per heavy atom. The molecule has 5 aromatic carbocycles. The summed E-state index contributed by atoms with van der Waals surface area (Å²) in [6.45, 7) is 8.85. The number of benzene rings is 5. The van der Waals surface area contributed by atoms with Crippen molar-refractivity contribution in [1.29, 1.82) is 0 Å².